The van der Waals surface area contributed by atoms with Gasteiger partial charge in [0.2, 0.25) is 0 Å². The molecule has 2 rings (SSSR count). The van der Waals surface area contributed by atoms with Gasteiger partial charge in [-0.15, -0.1) is 0 Å². The predicted molar refractivity (Wildman–Crippen MR) is 57.5 cm³/mol. The van der Waals surface area contributed by atoms with Gasteiger partial charge in [0.1, 0.15) is 12.4 Å². The van der Waals surface area contributed by atoms with Crippen LogP contribution < -0.4 is 9.64 Å². The van der Waals surface area contributed by atoms with Crippen LogP contribution in [0.4, 0.5) is 5.69 Å². The number of fused-ring (bicyclic) bond motifs is 1. The molecule has 0 bridgehead atoms. The van der Waals surface area contributed by atoms with Gasteiger partial charge in [0.15, 0.2) is 0 Å². The SMILES string of the molecule is CCN1CCOc2cc(Br)ccc21. The van der Waals surface area contributed by atoms with Crippen LogP contribution in [0.25, 0.3) is 0 Å². The molecule has 70 valence electrons. The van der Waals surface area contributed by atoms with E-state index in [1.54, 1.807) is 0 Å². The number of ether oxygens (including phenoxy) is 1. The van der Waals surface area contributed by atoms with E-state index in [0.717, 1.165) is 29.9 Å². The summed E-state index contributed by atoms with van der Waals surface area (Å²) in [5.74, 6) is 0.988. The minimum atomic E-state index is 0.789. The zero-order valence-electron chi connectivity index (χ0n) is 7.59. The molecule has 2 nitrogen and oxygen atoms in total. The lowest BCUT2D eigenvalue weighted by atomic mass is 10.2. The molecule has 1 heterocycles. The van der Waals surface area contributed by atoms with Crippen LogP contribution >= 0.6 is 15.9 Å². The monoisotopic (exact) mass is 241 g/mol. The quantitative estimate of drug-likeness (QED) is 0.750. The Kier molecular flexibility index (Phi) is 2.44. The molecule has 0 atom stereocenters. The summed E-state index contributed by atoms with van der Waals surface area (Å²) < 4.78 is 6.64. The van der Waals surface area contributed by atoms with Gasteiger partial charge in [-0.3, -0.25) is 0 Å². The molecule has 0 saturated carbocycles. The molecule has 0 radical (unpaired) electrons. The summed E-state index contributed by atoms with van der Waals surface area (Å²) in [6.45, 7) is 4.98. The molecule has 13 heavy (non-hydrogen) atoms. The smallest absolute Gasteiger partial charge is 0.143 e. The molecule has 0 saturated heterocycles. The number of benzene rings is 1. The summed E-state index contributed by atoms with van der Waals surface area (Å²) in [6, 6.07) is 6.18. The summed E-state index contributed by atoms with van der Waals surface area (Å²) in [6.07, 6.45) is 0. The molecule has 0 unspecified atom stereocenters. The maximum atomic E-state index is 5.56. The summed E-state index contributed by atoms with van der Waals surface area (Å²) in [4.78, 5) is 2.32. The first-order valence-corrected chi connectivity index (χ1v) is 5.28. The molecule has 1 aliphatic heterocycles. The zero-order valence-corrected chi connectivity index (χ0v) is 9.17. The first kappa shape index (κ1) is 8.88. The van der Waals surface area contributed by atoms with Gasteiger partial charge in [-0.2, -0.15) is 0 Å². The summed E-state index contributed by atoms with van der Waals surface area (Å²) in [7, 11) is 0. The van der Waals surface area contributed by atoms with Gasteiger partial charge in [-0.1, -0.05) is 15.9 Å². The van der Waals surface area contributed by atoms with Gasteiger partial charge < -0.3 is 9.64 Å². The van der Waals surface area contributed by atoms with E-state index < -0.39 is 0 Å². The van der Waals surface area contributed by atoms with Gasteiger partial charge in [0.25, 0.3) is 0 Å². The first-order valence-electron chi connectivity index (χ1n) is 4.48. The van der Waals surface area contributed by atoms with E-state index in [1.807, 2.05) is 6.07 Å². The van der Waals surface area contributed by atoms with Gasteiger partial charge in [0, 0.05) is 11.0 Å². The normalized spacial score (nSPS) is 15.1. The van der Waals surface area contributed by atoms with Crippen molar-refractivity contribution in [2.24, 2.45) is 0 Å². The van der Waals surface area contributed by atoms with Crippen LogP contribution in [0.2, 0.25) is 0 Å². The largest absolute Gasteiger partial charge is 0.490 e. The fourth-order valence-electron chi connectivity index (χ4n) is 1.58. The maximum Gasteiger partial charge on any atom is 0.143 e. The second kappa shape index (κ2) is 3.58. The minimum Gasteiger partial charge on any atom is -0.490 e. The zero-order chi connectivity index (χ0) is 9.26. The molecule has 0 aliphatic carbocycles. The molecule has 1 aromatic carbocycles. The van der Waals surface area contributed by atoms with Crippen molar-refractivity contribution >= 4 is 21.6 Å². The standard InChI is InChI=1S/C10H12BrNO/c1-2-12-5-6-13-10-7-8(11)3-4-9(10)12/h3-4,7H,2,5-6H2,1H3. The molecule has 1 aliphatic rings. The third-order valence-electron chi connectivity index (χ3n) is 2.26. The lowest BCUT2D eigenvalue weighted by Crippen LogP contribution is -2.32. The Morgan fingerprint density at radius 1 is 1.54 bits per heavy atom. The lowest BCUT2D eigenvalue weighted by molar-refractivity contribution is 0.308. The Bertz CT molecular complexity index is 314. The number of halogens is 1. The highest BCUT2D eigenvalue weighted by Crippen LogP contribution is 2.33. The maximum absolute atomic E-state index is 5.56. The molecule has 0 fully saturated rings. The van der Waals surface area contributed by atoms with Crippen molar-refractivity contribution in [1.29, 1.82) is 0 Å². The Hall–Kier alpha value is -0.700. The highest BCUT2D eigenvalue weighted by atomic mass is 79.9. The number of likely N-dealkylation sites (N-methyl/N-ethyl adjacent to an activating group) is 1. The van der Waals surface area contributed by atoms with Crippen molar-refractivity contribution in [3.8, 4) is 5.75 Å². The molecule has 1 aromatic rings. The highest BCUT2D eigenvalue weighted by Gasteiger charge is 2.15. The van der Waals surface area contributed by atoms with Crippen LogP contribution in [-0.2, 0) is 0 Å². The van der Waals surface area contributed by atoms with Crippen LogP contribution in [0.15, 0.2) is 22.7 Å². The van der Waals surface area contributed by atoms with Gasteiger partial charge >= 0.3 is 0 Å². The van der Waals surface area contributed by atoms with Crippen LogP contribution in [-0.4, -0.2) is 19.7 Å². The fourth-order valence-corrected chi connectivity index (χ4v) is 1.92. The second-order valence-electron chi connectivity index (χ2n) is 3.04. The fraction of sp³-hybridized carbons (Fsp3) is 0.400. The molecule has 0 N–H and O–H groups in total. The van der Waals surface area contributed by atoms with Crippen molar-refractivity contribution in [2.75, 3.05) is 24.6 Å². The molecule has 0 spiro atoms. The topological polar surface area (TPSA) is 12.5 Å². The highest BCUT2D eigenvalue weighted by molar-refractivity contribution is 9.10. The predicted octanol–water partition coefficient (Wildman–Crippen LogP) is 2.67. The lowest BCUT2D eigenvalue weighted by Gasteiger charge is -2.30. The van der Waals surface area contributed by atoms with E-state index in [9.17, 15) is 0 Å². The number of anilines is 1. The Morgan fingerprint density at radius 2 is 2.38 bits per heavy atom. The molecule has 3 heteroatoms. The van der Waals surface area contributed by atoms with Crippen molar-refractivity contribution in [3.05, 3.63) is 22.7 Å². The van der Waals surface area contributed by atoms with Gasteiger partial charge in [-0.25, -0.2) is 0 Å². The van der Waals surface area contributed by atoms with E-state index in [4.69, 9.17) is 4.74 Å². The van der Waals surface area contributed by atoms with E-state index in [1.165, 1.54) is 5.69 Å². The van der Waals surface area contributed by atoms with E-state index in [0.29, 0.717) is 0 Å². The van der Waals surface area contributed by atoms with Crippen LogP contribution in [0.1, 0.15) is 6.92 Å². The Balaban J connectivity index is 2.40. The average molecular weight is 242 g/mol. The number of hydrogen-bond donors (Lipinski definition) is 0. The van der Waals surface area contributed by atoms with E-state index in [2.05, 4.69) is 39.9 Å². The number of rotatable bonds is 1. The van der Waals surface area contributed by atoms with Gasteiger partial charge in [-0.05, 0) is 25.1 Å². The third kappa shape index (κ3) is 1.66. The van der Waals surface area contributed by atoms with Crippen molar-refractivity contribution in [2.45, 2.75) is 6.92 Å². The Labute approximate surface area is 86.6 Å². The van der Waals surface area contributed by atoms with E-state index in [-0.39, 0.29) is 0 Å². The Morgan fingerprint density at radius 3 is 3.15 bits per heavy atom. The first-order chi connectivity index (χ1) is 6.31. The van der Waals surface area contributed by atoms with E-state index >= 15 is 0 Å². The van der Waals surface area contributed by atoms with Crippen molar-refractivity contribution in [1.82, 2.24) is 0 Å². The second-order valence-corrected chi connectivity index (χ2v) is 3.96. The van der Waals surface area contributed by atoms with Gasteiger partial charge in [0.05, 0.1) is 12.2 Å². The summed E-state index contributed by atoms with van der Waals surface area (Å²) >= 11 is 3.43. The molecule has 0 aromatic heterocycles. The summed E-state index contributed by atoms with van der Waals surface area (Å²) in [5.41, 5.74) is 1.21. The van der Waals surface area contributed by atoms with Crippen molar-refractivity contribution < 1.29 is 4.74 Å². The number of hydrogen-bond acceptors (Lipinski definition) is 2. The third-order valence-corrected chi connectivity index (χ3v) is 2.76. The molecular formula is C10H12BrNO. The summed E-state index contributed by atoms with van der Waals surface area (Å²) in [5, 5.41) is 0. The van der Waals surface area contributed by atoms with Crippen LogP contribution in [0, 0.1) is 0 Å². The van der Waals surface area contributed by atoms with Crippen LogP contribution in [0.5, 0.6) is 5.75 Å². The van der Waals surface area contributed by atoms with Crippen LogP contribution in [0.3, 0.4) is 0 Å². The average Bonchev–Trinajstić information content (AvgIpc) is 2.16. The molecular weight excluding hydrogens is 230 g/mol. The minimum absolute atomic E-state index is 0.789. The number of nitrogens with zero attached hydrogens (tertiary/aromatic N) is 1. The molecule has 0 amide bonds. The van der Waals surface area contributed by atoms with Crippen molar-refractivity contribution in [3.63, 3.8) is 0 Å².